The van der Waals surface area contributed by atoms with E-state index in [-0.39, 0.29) is 13.2 Å². The van der Waals surface area contributed by atoms with E-state index in [2.05, 4.69) is 0 Å². The van der Waals surface area contributed by atoms with Crippen molar-refractivity contribution >= 4 is 50.2 Å². The molecule has 6 rings (SSSR count). The second-order valence-corrected chi connectivity index (χ2v) is 13.4. The Balaban J connectivity index is 1.16. The van der Waals surface area contributed by atoms with Gasteiger partial charge >= 0.3 is 17.9 Å². The van der Waals surface area contributed by atoms with Gasteiger partial charge < -0.3 is 28.4 Å². The lowest BCUT2D eigenvalue weighted by Gasteiger charge is -2.22. The minimum absolute atomic E-state index is 0.302. The van der Waals surface area contributed by atoms with Gasteiger partial charge in [-0.3, -0.25) is 14.4 Å². The van der Waals surface area contributed by atoms with Gasteiger partial charge in [-0.25, -0.2) is 0 Å². The standard InChI is InChI=1S/C45H44O9/c1-27(30-7-10-36-22-39(49-4)16-13-33(36)19-30)43(46)52-25-42(54-45(48)29(3)32-9-12-38-24-41(51-6)18-15-35(38)21-32)26-53-44(47)28(2)31-8-11-37-23-40(50-5)17-14-34(37)20-31/h7-24,27-29,42H,25-26H2,1-6H3/t27-,28?,29-,42?/m0/s1. The third kappa shape index (κ3) is 8.58. The first kappa shape index (κ1) is 37.7. The normalized spacial score (nSPS) is 13.4. The Labute approximate surface area is 314 Å². The van der Waals surface area contributed by atoms with Gasteiger partial charge in [-0.1, -0.05) is 72.8 Å². The first-order chi connectivity index (χ1) is 26.1. The minimum atomic E-state index is -1.05. The molecule has 0 spiro atoms. The molecule has 54 heavy (non-hydrogen) atoms. The SMILES string of the molecule is COc1ccc2cc(C(C)C(=O)OCC(COC(=O)[C@@H](C)c3ccc4cc(OC)ccc4c3)OC(=O)[C@@H](C)c3ccc4cc(OC)ccc4c3)ccc2c1. The van der Waals surface area contributed by atoms with E-state index >= 15 is 0 Å². The van der Waals surface area contributed by atoms with Crippen LogP contribution in [0.4, 0.5) is 0 Å². The molecule has 0 saturated carbocycles. The van der Waals surface area contributed by atoms with Gasteiger partial charge in [0.25, 0.3) is 0 Å². The third-order valence-electron chi connectivity index (χ3n) is 9.88. The first-order valence-electron chi connectivity index (χ1n) is 17.8. The van der Waals surface area contributed by atoms with Gasteiger partial charge in [-0.15, -0.1) is 0 Å². The Morgan fingerprint density at radius 3 is 1.06 bits per heavy atom. The van der Waals surface area contributed by atoms with Crippen molar-refractivity contribution in [3.8, 4) is 17.2 Å². The fourth-order valence-electron chi connectivity index (χ4n) is 6.31. The van der Waals surface area contributed by atoms with Crippen LogP contribution in [-0.2, 0) is 28.6 Å². The van der Waals surface area contributed by atoms with Crippen LogP contribution in [0.5, 0.6) is 17.2 Å². The van der Waals surface area contributed by atoms with Crippen molar-refractivity contribution in [1.82, 2.24) is 0 Å². The molecule has 0 fully saturated rings. The Hall–Kier alpha value is -6.09. The van der Waals surface area contributed by atoms with Crippen molar-refractivity contribution in [3.63, 3.8) is 0 Å². The van der Waals surface area contributed by atoms with Crippen molar-refractivity contribution in [1.29, 1.82) is 0 Å². The molecule has 0 heterocycles. The second-order valence-electron chi connectivity index (χ2n) is 13.4. The third-order valence-corrected chi connectivity index (χ3v) is 9.88. The topological polar surface area (TPSA) is 107 Å². The molecule has 0 bridgehead atoms. The van der Waals surface area contributed by atoms with Crippen LogP contribution in [0.1, 0.15) is 55.2 Å². The van der Waals surface area contributed by atoms with E-state index in [1.165, 1.54) is 0 Å². The van der Waals surface area contributed by atoms with Crippen molar-refractivity contribution in [2.75, 3.05) is 34.5 Å². The summed E-state index contributed by atoms with van der Waals surface area (Å²) in [5.41, 5.74) is 2.28. The van der Waals surface area contributed by atoms with E-state index in [0.29, 0.717) is 0 Å². The number of hydrogen-bond donors (Lipinski definition) is 0. The number of fused-ring (bicyclic) bond motifs is 3. The summed E-state index contributed by atoms with van der Waals surface area (Å²) in [6, 6.07) is 34.4. The zero-order valence-electron chi connectivity index (χ0n) is 31.3. The highest BCUT2D eigenvalue weighted by Gasteiger charge is 2.27. The average Bonchev–Trinajstić information content (AvgIpc) is 3.21. The fourth-order valence-corrected chi connectivity index (χ4v) is 6.31. The molecule has 278 valence electrons. The number of benzene rings is 6. The Kier molecular flexibility index (Phi) is 11.7. The number of rotatable bonds is 14. The van der Waals surface area contributed by atoms with Crippen LogP contribution in [0, 0.1) is 0 Å². The van der Waals surface area contributed by atoms with E-state index in [1.54, 1.807) is 42.1 Å². The number of esters is 3. The average molecular weight is 729 g/mol. The predicted octanol–water partition coefficient (Wildman–Crippen LogP) is 8.88. The van der Waals surface area contributed by atoms with Gasteiger partial charge in [0.05, 0.1) is 39.1 Å². The molecule has 9 nitrogen and oxygen atoms in total. The highest BCUT2D eigenvalue weighted by atomic mass is 16.6. The summed E-state index contributed by atoms with van der Waals surface area (Å²) in [6.07, 6.45) is -1.05. The molecule has 0 N–H and O–H groups in total. The van der Waals surface area contributed by atoms with Gasteiger partial charge in [0.15, 0.2) is 6.10 Å². The van der Waals surface area contributed by atoms with Gasteiger partial charge in [0, 0.05) is 0 Å². The number of carbonyl (C=O) groups excluding carboxylic acids is 3. The van der Waals surface area contributed by atoms with E-state index in [0.717, 1.165) is 66.3 Å². The number of hydrogen-bond acceptors (Lipinski definition) is 9. The number of ether oxygens (including phenoxy) is 6. The molecule has 0 aliphatic rings. The van der Waals surface area contributed by atoms with E-state index in [9.17, 15) is 14.4 Å². The molecule has 9 heteroatoms. The van der Waals surface area contributed by atoms with Crippen LogP contribution in [0.3, 0.4) is 0 Å². The van der Waals surface area contributed by atoms with Gasteiger partial charge in [-0.05, 0) is 106 Å². The number of carbonyl (C=O) groups is 3. The van der Waals surface area contributed by atoms with Crippen LogP contribution < -0.4 is 14.2 Å². The number of methoxy groups -OCH3 is 3. The summed E-state index contributed by atoms with van der Waals surface area (Å²) in [5, 5.41) is 5.77. The van der Waals surface area contributed by atoms with Crippen molar-refractivity contribution in [3.05, 3.63) is 126 Å². The molecule has 0 aromatic heterocycles. The minimum Gasteiger partial charge on any atom is -0.497 e. The Bertz CT molecular complexity index is 2200. The highest BCUT2D eigenvalue weighted by molar-refractivity contribution is 5.89. The molecule has 6 aromatic rings. The molecule has 6 aromatic carbocycles. The fraction of sp³-hybridized carbons (Fsp3) is 0.267. The quantitative estimate of drug-likeness (QED) is 0.0803. The van der Waals surface area contributed by atoms with E-state index in [1.807, 2.05) is 109 Å². The molecule has 0 amide bonds. The summed E-state index contributed by atoms with van der Waals surface area (Å²) in [7, 11) is 4.84. The Morgan fingerprint density at radius 1 is 0.426 bits per heavy atom. The predicted molar refractivity (Wildman–Crippen MR) is 209 cm³/mol. The van der Waals surface area contributed by atoms with Crippen LogP contribution in [0.15, 0.2) is 109 Å². The van der Waals surface area contributed by atoms with Gasteiger partial charge in [-0.2, -0.15) is 0 Å². The zero-order valence-corrected chi connectivity index (χ0v) is 31.3. The largest absolute Gasteiger partial charge is 0.497 e. The molecule has 0 radical (unpaired) electrons. The van der Waals surface area contributed by atoms with Crippen LogP contribution in [-0.4, -0.2) is 58.6 Å². The molecule has 0 aliphatic carbocycles. The molecular weight excluding hydrogens is 684 g/mol. The lowest BCUT2D eigenvalue weighted by Crippen LogP contribution is -2.33. The van der Waals surface area contributed by atoms with Gasteiger partial charge in [0.2, 0.25) is 0 Å². The molecule has 4 atom stereocenters. The summed E-state index contributed by atoms with van der Waals surface area (Å²) in [6.45, 7) is 4.66. The Morgan fingerprint density at radius 2 is 0.722 bits per heavy atom. The van der Waals surface area contributed by atoms with Crippen LogP contribution in [0.25, 0.3) is 32.3 Å². The van der Waals surface area contributed by atoms with Crippen molar-refractivity contribution < 1.29 is 42.8 Å². The first-order valence-corrected chi connectivity index (χ1v) is 17.8. The summed E-state index contributed by atoms with van der Waals surface area (Å²) < 4.78 is 33.4. The zero-order chi connectivity index (χ0) is 38.4. The summed E-state index contributed by atoms with van der Waals surface area (Å²) in [5.74, 6) is -1.21. The lowest BCUT2D eigenvalue weighted by molar-refractivity contribution is -0.168. The monoisotopic (exact) mass is 728 g/mol. The lowest BCUT2D eigenvalue weighted by atomic mass is 9.97. The maximum atomic E-state index is 13.6. The second kappa shape index (κ2) is 16.7. The maximum absolute atomic E-state index is 13.6. The van der Waals surface area contributed by atoms with E-state index < -0.39 is 41.8 Å². The van der Waals surface area contributed by atoms with E-state index in [4.69, 9.17) is 28.4 Å². The molecule has 0 saturated heterocycles. The van der Waals surface area contributed by atoms with Gasteiger partial charge in [0.1, 0.15) is 30.5 Å². The molecule has 2 unspecified atom stereocenters. The smallest absolute Gasteiger partial charge is 0.313 e. The van der Waals surface area contributed by atoms with Crippen molar-refractivity contribution in [2.45, 2.75) is 44.6 Å². The molecular formula is C45H44O9. The highest BCUT2D eigenvalue weighted by Crippen LogP contribution is 2.29. The molecule has 0 aliphatic heterocycles. The van der Waals surface area contributed by atoms with Crippen LogP contribution >= 0.6 is 0 Å². The maximum Gasteiger partial charge on any atom is 0.313 e. The summed E-state index contributed by atoms with van der Waals surface area (Å²) in [4.78, 5) is 40.3. The van der Waals surface area contributed by atoms with Crippen molar-refractivity contribution in [2.24, 2.45) is 0 Å². The summed E-state index contributed by atoms with van der Waals surface area (Å²) >= 11 is 0. The van der Waals surface area contributed by atoms with Crippen LogP contribution in [0.2, 0.25) is 0 Å².